The summed E-state index contributed by atoms with van der Waals surface area (Å²) >= 11 is 12.2. The Labute approximate surface area is 174 Å². The van der Waals surface area contributed by atoms with Crippen LogP contribution in [0.25, 0.3) is 0 Å². The summed E-state index contributed by atoms with van der Waals surface area (Å²) in [6.45, 7) is 5.60. The number of imidazole rings is 1. The van der Waals surface area contributed by atoms with Crippen LogP contribution in [0.15, 0.2) is 48.8 Å². The first-order valence-electron chi connectivity index (χ1n) is 9.04. The summed E-state index contributed by atoms with van der Waals surface area (Å²) in [6, 6.07) is 11.2. The monoisotopic (exact) mass is 416 g/mol. The molecule has 146 valence electrons. The van der Waals surface area contributed by atoms with Crippen LogP contribution in [0.1, 0.15) is 34.2 Å². The van der Waals surface area contributed by atoms with Crippen LogP contribution >= 0.6 is 23.2 Å². The van der Waals surface area contributed by atoms with Gasteiger partial charge in [-0.05, 0) is 49.2 Å². The smallest absolute Gasteiger partial charge is 0.252 e. The Hall–Kier alpha value is -2.50. The van der Waals surface area contributed by atoms with Crippen molar-refractivity contribution in [3.05, 3.63) is 81.4 Å². The molecule has 7 heteroatoms. The Bertz CT molecular complexity index is 984. The molecule has 1 amide bonds. The summed E-state index contributed by atoms with van der Waals surface area (Å²) in [7, 11) is 0. The van der Waals surface area contributed by atoms with Gasteiger partial charge in [0.1, 0.15) is 5.82 Å². The van der Waals surface area contributed by atoms with Gasteiger partial charge in [-0.1, -0.05) is 35.3 Å². The fourth-order valence-electron chi connectivity index (χ4n) is 3.03. The summed E-state index contributed by atoms with van der Waals surface area (Å²) in [5.74, 6) is 0.580. The van der Waals surface area contributed by atoms with E-state index >= 15 is 0 Å². The Morgan fingerprint density at radius 1 is 1.18 bits per heavy atom. The van der Waals surface area contributed by atoms with E-state index in [1.165, 1.54) is 0 Å². The van der Waals surface area contributed by atoms with Crippen LogP contribution in [0.4, 0.5) is 5.69 Å². The first-order valence-corrected chi connectivity index (χ1v) is 9.80. The number of benzene rings is 2. The topological polar surface area (TPSA) is 59.0 Å². The van der Waals surface area contributed by atoms with E-state index in [-0.39, 0.29) is 5.91 Å². The largest absolute Gasteiger partial charge is 0.385 e. The molecule has 2 N–H and O–H groups in total. The first kappa shape index (κ1) is 20.2. The van der Waals surface area contributed by atoms with E-state index in [0.717, 1.165) is 29.2 Å². The minimum atomic E-state index is -0.184. The highest BCUT2D eigenvalue weighted by molar-refractivity contribution is 6.31. The van der Waals surface area contributed by atoms with Crippen molar-refractivity contribution < 1.29 is 4.79 Å². The average Bonchev–Trinajstić information content (AvgIpc) is 3.09. The summed E-state index contributed by atoms with van der Waals surface area (Å²) in [6.07, 6.45) is 3.61. The van der Waals surface area contributed by atoms with Gasteiger partial charge in [0, 0.05) is 46.8 Å². The SMILES string of the molecule is CCNc1cc(Cl)cc(C(=O)NCc2nccn2Cc2cccc(Cl)c2)c1C. The lowest BCUT2D eigenvalue weighted by molar-refractivity contribution is 0.0949. The summed E-state index contributed by atoms with van der Waals surface area (Å²) in [4.78, 5) is 17.1. The molecule has 0 saturated carbocycles. The molecule has 0 fully saturated rings. The van der Waals surface area contributed by atoms with E-state index in [4.69, 9.17) is 23.2 Å². The van der Waals surface area contributed by atoms with Crippen molar-refractivity contribution in [2.24, 2.45) is 0 Å². The van der Waals surface area contributed by atoms with Crippen molar-refractivity contribution in [3.8, 4) is 0 Å². The zero-order chi connectivity index (χ0) is 20.1. The summed E-state index contributed by atoms with van der Waals surface area (Å²) in [5, 5.41) is 7.39. The number of amides is 1. The fraction of sp³-hybridized carbons (Fsp3) is 0.238. The summed E-state index contributed by atoms with van der Waals surface area (Å²) < 4.78 is 1.99. The zero-order valence-corrected chi connectivity index (χ0v) is 17.3. The number of nitrogens with zero attached hydrogens (tertiary/aromatic N) is 2. The Kier molecular flexibility index (Phi) is 6.60. The third kappa shape index (κ3) is 4.86. The molecule has 28 heavy (non-hydrogen) atoms. The van der Waals surface area contributed by atoms with Crippen LogP contribution in [0, 0.1) is 6.92 Å². The van der Waals surface area contributed by atoms with Crippen LogP contribution in [-0.4, -0.2) is 22.0 Å². The van der Waals surface area contributed by atoms with Gasteiger partial charge in [-0.3, -0.25) is 4.79 Å². The highest BCUT2D eigenvalue weighted by Gasteiger charge is 2.14. The van der Waals surface area contributed by atoms with Gasteiger partial charge in [0.2, 0.25) is 0 Å². The average molecular weight is 417 g/mol. The van der Waals surface area contributed by atoms with E-state index in [1.807, 2.05) is 54.9 Å². The van der Waals surface area contributed by atoms with Gasteiger partial charge in [0.25, 0.3) is 5.91 Å². The number of rotatable bonds is 7. The van der Waals surface area contributed by atoms with Crippen LogP contribution in [-0.2, 0) is 13.1 Å². The molecule has 2 aromatic carbocycles. The van der Waals surface area contributed by atoms with Crippen LogP contribution in [0.2, 0.25) is 10.0 Å². The maximum atomic E-state index is 12.7. The van der Waals surface area contributed by atoms with Crippen molar-refractivity contribution in [2.45, 2.75) is 26.9 Å². The quantitative estimate of drug-likeness (QED) is 0.575. The second-order valence-electron chi connectivity index (χ2n) is 6.44. The molecule has 5 nitrogen and oxygen atoms in total. The third-order valence-electron chi connectivity index (χ3n) is 4.44. The molecule has 1 heterocycles. The van der Waals surface area contributed by atoms with Crippen molar-refractivity contribution in [2.75, 3.05) is 11.9 Å². The number of carbonyl (C=O) groups excluding carboxylic acids is 1. The van der Waals surface area contributed by atoms with Crippen LogP contribution in [0.5, 0.6) is 0 Å². The van der Waals surface area contributed by atoms with Crippen LogP contribution < -0.4 is 10.6 Å². The molecule has 0 bridgehead atoms. The molecule has 0 atom stereocenters. The molecule has 0 unspecified atom stereocenters. The molecule has 0 saturated heterocycles. The molecular formula is C21H22Cl2N4O. The van der Waals surface area contributed by atoms with E-state index in [9.17, 15) is 4.79 Å². The van der Waals surface area contributed by atoms with Crippen LogP contribution in [0.3, 0.4) is 0 Å². The highest BCUT2D eigenvalue weighted by Crippen LogP contribution is 2.25. The van der Waals surface area contributed by atoms with Gasteiger partial charge in [-0.2, -0.15) is 0 Å². The predicted octanol–water partition coefficient (Wildman–Crippen LogP) is 4.91. The lowest BCUT2D eigenvalue weighted by Crippen LogP contribution is -2.26. The summed E-state index contributed by atoms with van der Waals surface area (Å²) in [5.41, 5.74) is 3.35. The molecule has 0 aliphatic heterocycles. The first-order chi connectivity index (χ1) is 13.5. The second kappa shape index (κ2) is 9.13. The van der Waals surface area contributed by atoms with Crippen molar-refractivity contribution in [1.29, 1.82) is 0 Å². The van der Waals surface area contributed by atoms with Gasteiger partial charge in [-0.25, -0.2) is 4.98 Å². The van der Waals surface area contributed by atoms with Gasteiger partial charge < -0.3 is 15.2 Å². The molecule has 0 aliphatic carbocycles. The molecule has 0 aliphatic rings. The maximum absolute atomic E-state index is 12.7. The Morgan fingerprint density at radius 2 is 2.00 bits per heavy atom. The van der Waals surface area contributed by atoms with Crippen molar-refractivity contribution in [3.63, 3.8) is 0 Å². The van der Waals surface area contributed by atoms with Gasteiger partial charge >= 0.3 is 0 Å². The molecule has 3 rings (SSSR count). The minimum absolute atomic E-state index is 0.184. The fourth-order valence-corrected chi connectivity index (χ4v) is 3.46. The van der Waals surface area contributed by atoms with E-state index in [1.54, 1.807) is 12.3 Å². The highest BCUT2D eigenvalue weighted by atomic mass is 35.5. The minimum Gasteiger partial charge on any atom is -0.385 e. The van der Waals surface area contributed by atoms with E-state index in [0.29, 0.717) is 28.7 Å². The number of halogens is 2. The number of hydrogen-bond acceptors (Lipinski definition) is 3. The lowest BCUT2D eigenvalue weighted by atomic mass is 10.1. The number of nitrogens with one attached hydrogen (secondary N) is 2. The molecule has 3 aromatic rings. The van der Waals surface area contributed by atoms with Crippen molar-refractivity contribution in [1.82, 2.24) is 14.9 Å². The Morgan fingerprint density at radius 3 is 2.75 bits per heavy atom. The van der Waals surface area contributed by atoms with Crippen molar-refractivity contribution >= 4 is 34.8 Å². The molecular weight excluding hydrogens is 395 g/mol. The lowest BCUT2D eigenvalue weighted by Gasteiger charge is -2.14. The standard InChI is InChI=1S/C21H22Cl2N4O/c1-3-24-19-11-17(23)10-18(14(19)2)21(28)26-12-20-25-7-8-27(20)13-15-5-4-6-16(22)9-15/h4-11,24H,3,12-13H2,1-2H3,(H,26,28). The number of carbonyl (C=O) groups is 1. The van der Waals surface area contributed by atoms with Gasteiger partial charge in [0.15, 0.2) is 0 Å². The number of anilines is 1. The number of aromatic nitrogens is 2. The molecule has 0 radical (unpaired) electrons. The maximum Gasteiger partial charge on any atom is 0.252 e. The second-order valence-corrected chi connectivity index (χ2v) is 7.31. The Balaban J connectivity index is 1.72. The predicted molar refractivity (Wildman–Crippen MR) is 114 cm³/mol. The third-order valence-corrected chi connectivity index (χ3v) is 4.89. The molecule has 0 spiro atoms. The zero-order valence-electron chi connectivity index (χ0n) is 15.8. The normalized spacial score (nSPS) is 10.7. The number of hydrogen-bond donors (Lipinski definition) is 2. The van der Waals surface area contributed by atoms with Gasteiger partial charge in [0.05, 0.1) is 6.54 Å². The van der Waals surface area contributed by atoms with Gasteiger partial charge in [-0.15, -0.1) is 0 Å². The van der Waals surface area contributed by atoms with E-state index < -0.39 is 0 Å². The molecule has 1 aromatic heterocycles. The van der Waals surface area contributed by atoms with E-state index in [2.05, 4.69) is 15.6 Å².